The number of carbonyl (C=O) groups is 1. The molecule has 2 nitrogen and oxygen atoms in total. The average Bonchev–Trinajstić information content (AvgIpc) is 2.09. The lowest BCUT2D eigenvalue weighted by Crippen LogP contribution is -1.99. The maximum atomic E-state index is 13.1. The minimum Gasteiger partial charge on any atom is -0.294 e. The molecule has 1 aromatic rings. The van der Waals surface area contributed by atoms with Gasteiger partial charge in [-0.1, -0.05) is 0 Å². The van der Waals surface area contributed by atoms with Gasteiger partial charge in [0.2, 0.25) is 0 Å². The van der Waals surface area contributed by atoms with Gasteiger partial charge in [-0.2, -0.15) is 5.26 Å². The highest BCUT2D eigenvalue weighted by Crippen LogP contribution is 2.18. The van der Waals surface area contributed by atoms with E-state index < -0.39 is 5.82 Å². The maximum absolute atomic E-state index is 13.1. The first-order valence-corrected chi connectivity index (χ1v) is 4.54. The van der Waals surface area contributed by atoms with Crippen LogP contribution in [-0.4, -0.2) is 5.78 Å². The van der Waals surface area contributed by atoms with Crippen LogP contribution in [0.15, 0.2) is 12.1 Å². The van der Waals surface area contributed by atoms with Crippen molar-refractivity contribution in [3.63, 3.8) is 0 Å². The molecular weight excluding hydrogens is 284 g/mol. The van der Waals surface area contributed by atoms with Gasteiger partial charge in [0.25, 0.3) is 0 Å². The molecule has 0 aliphatic heterocycles. The van der Waals surface area contributed by atoms with Gasteiger partial charge in [0.05, 0.1) is 15.2 Å². The third-order valence-electron chi connectivity index (χ3n) is 1.54. The molecule has 0 aliphatic rings. The minimum atomic E-state index is -0.523. The van der Waals surface area contributed by atoms with Crippen molar-refractivity contribution >= 4 is 28.4 Å². The van der Waals surface area contributed by atoms with Crippen LogP contribution in [0.3, 0.4) is 0 Å². The molecule has 0 radical (unpaired) electrons. The van der Waals surface area contributed by atoms with E-state index in [0.29, 0.717) is 0 Å². The van der Waals surface area contributed by atoms with Crippen LogP contribution in [0.25, 0.3) is 0 Å². The summed E-state index contributed by atoms with van der Waals surface area (Å²) in [5.74, 6) is -0.759. The number of benzene rings is 1. The predicted molar refractivity (Wildman–Crippen MR) is 53.8 cm³/mol. The molecule has 0 N–H and O–H groups in total. The molecule has 4 heteroatoms. The summed E-state index contributed by atoms with van der Waals surface area (Å²) in [5.41, 5.74) is 0.431. The minimum absolute atomic E-state index is 0.170. The Bertz CT molecular complexity index is 409. The molecule has 66 valence electrons. The number of hydrogen-bond donors (Lipinski definition) is 0. The molecule has 0 fully saturated rings. The van der Waals surface area contributed by atoms with Gasteiger partial charge < -0.3 is 0 Å². The average molecular weight is 289 g/mol. The van der Waals surface area contributed by atoms with Crippen molar-refractivity contribution < 1.29 is 9.18 Å². The van der Waals surface area contributed by atoms with Gasteiger partial charge in [-0.05, 0) is 41.6 Å². The van der Waals surface area contributed by atoms with Crippen molar-refractivity contribution in [2.75, 3.05) is 0 Å². The highest BCUT2D eigenvalue weighted by atomic mass is 127. The third-order valence-corrected chi connectivity index (χ3v) is 2.63. The van der Waals surface area contributed by atoms with Gasteiger partial charge in [-0.25, -0.2) is 4.39 Å². The van der Waals surface area contributed by atoms with Gasteiger partial charge in [0, 0.05) is 5.56 Å². The molecular formula is C9H5FINO. The van der Waals surface area contributed by atoms with Crippen LogP contribution >= 0.6 is 22.6 Å². The maximum Gasteiger partial charge on any atom is 0.161 e. The van der Waals surface area contributed by atoms with E-state index >= 15 is 0 Å². The summed E-state index contributed by atoms with van der Waals surface area (Å²) in [7, 11) is 0. The van der Waals surface area contributed by atoms with E-state index in [1.54, 1.807) is 28.7 Å². The molecule has 0 unspecified atom stereocenters. The lowest BCUT2D eigenvalue weighted by molar-refractivity contribution is 0.101. The van der Waals surface area contributed by atoms with Crippen molar-refractivity contribution in [2.24, 2.45) is 0 Å². The Morgan fingerprint density at radius 2 is 2.23 bits per heavy atom. The lowest BCUT2D eigenvalue weighted by atomic mass is 10.1. The number of hydrogen-bond acceptors (Lipinski definition) is 2. The summed E-state index contributed by atoms with van der Waals surface area (Å²) in [6.45, 7) is 1.35. The van der Waals surface area contributed by atoms with Gasteiger partial charge in [-0.15, -0.1) is 0 Å². The SMILES string of the molecule is CC(=O)c1cc(C#N)cc(F)c1I. The van der Waals surface area contributed by atoms with Crippen LogP contribution in [0.2, 0.25) is 0 Å². The highest BCUT2D eigenvalue weighted by Gasteiger charge is 2.11. The number of carbonyl (C=O) groups excluding carboxylic acids is 1. The normalized spacial score (nSPS) is 9.38. The molecule has 0 saturated carbocycles. The summed E-state index contributed by atoms with van der Waals surface area (Å²) < 4.78 is 13.3. The van der Waals surface area contributed by atoms with Gasteiger partial charge in [0.15, 0.2) is 5.78 Å². The van der Waals surface area contributed by atoms with Crippen LogP contribution < -0.4 is 0 Å². The Balaban J connectivity index is 3.44. The zero-order valence-corrected chi connectivity index (χ0v) is 8.92. The van der Waals surface area contributed by atoms with Gasteiger partial charge in [0.1, 0.15) is 5.82 Å². The quantitative estimate of drug-likeness (QED) is 0.588. The van der Waals surface area contributed by atoms with Crippen molar-refractivity contribution in [1.82, 2.24) is 0 Å². The Hall–Kier alpha value is -0.960. The van der Waals surface area contributed by atoms with Gasteiger partial charge in [-0.3, -0.25) is 4.79 Å². The highest BCUT2D eigenvalue weighted by molar-refractivity contribution is 14.1. The van der Waals surface area contributed by atoms with Crippen molar-refractivity contribution in [3.8, 4) is 6.07 Å². The van der Waals surface area contributed by atoms with Crippen molar-refractivity contribution in [3.05, 3.63) is 32.6 Å². The second-order valence-corrected chi connectivity index (χ2v) is 3.57. The smallest absolute Gasteiger partial charge is 0.161 e. The first-order chi connectivity index (χ1) is 6.06. The number of halogens is 2. The molecule has 0 amide bonds. The topological polar surface area (TPSA) is 40.9 Å². The summed E-state index contributed by atoms with van der Waals surface area (Å²) in [6, 6.07) is 4.31. The molecule has 1 rings (SSSR count). The summed E-state index contributed by atoms with van der Waals surface area (Å²) in [6.07, 6.45) is 0. The Morgan fingerprint density at radius 3 is 2.69 bits per heavy atom. The van der Waals surface area contributed by atoms with E-state index in [4.69, 9.17) is 5.26 Å². The fraction of sp³-hybridized carbons (Fsp3) is 0.111. The standard InChI is InChI=1S/C9H5FINO/c1-5(13)7-2-6(4-12)3-8(10)9(7)11/h2-3H,1H3. The second-order valence-electron chi connectivity index (χ2n) is 2.49. The molecule has 0 bridgehead atoms. The van der Waals surface area contributed by atoms with E-state index in [0.717, 1.165) is 6.07 Å². The Morgan fingerprint density at radius 1 is 1.62 bits per heavy atom. The van der Waals surface area contributed by atoms with Crippen LogP contribution in [-0.2, 0) is 0 Å². The number of nitriles is 1. The van der Waals surface area contributed by atoms with Crippen LogP contribution in [0.5, 0.6) is 0 Å². The third kappa shape index (κ3) is 2.04. The fourth-order valence-corrected chi connectivity index (χ4v) is 1.60. The second kappa shape index (κ2) is 3.83. The molecule has 0 heterocycles. The first-order valence-electron chi connectivity index (χ1n) is 3.46. The van der Waals surface area contributed by atoms with Crippen LogP contribution in [0.4, 0.5) is 4.39 Å². The van der Waals surface area contributed by atoms with Crippen LogP contribution in [0, 0.1) is 20.7 Å². The number of nitrogens with zero attached hydrogens (tertiary/aromatic N) is 1. The number of Topliss-reactive ketones (excluding diaryl/α,β-unsaturated/α-hetero) is 1. The Labute approximate surface area is 88.5 Å². The van der Waals surface area contributed by atoms with Crippen molar-refractivity contribution in [2.45, 2.75) is 6.92 Å². The molecule has 13 heavy (non-hydrogen) atoms. The molecule has 0 aromatic heterocycles. The number of ketones is 1. The summed E-state index contributed by atoms with van der Waals surface area (Å²) >= 11 is 1.75. The van der Waals surface area contributed by atoms with E-state index in [1.165, 1.54) is 13.0 Å². The zero-order chi connectivity index (χ0) is 10.0. The molecule has 0 atom stereocenters. The molecule has 1 aromatic carbocycles. The van der Waals surface area contributed by atoms with E-state index in [1.807, 2.05) is 0 Å². The summed E-state index contributed by atoms with van der Waals surface area (Å²) in [4.78, 5) is 11.0. The Kier molecular flexibility index (Phi) is 2.98. The zero-order valence-electron chi connectivity index (χ0n) is 6.77. The van der Waals surface area contributed by atoms with Crippen molar-refractivity contribution in [1.29, 1.82) is 5.26 Å². The molecule has 0 saturated heterocycles. The lowest BCUT2D eigenvalue weighted by Gasteiger charge is -2.01. The van der Waals surface area contributed by atoms with E-state index in [-0.39, 0.29) is 20.5 Å². The van der Waals surface area contributed by atoms with Gasteiger partial charge >= 0.3 is 0 Å². The first kappa shape index (κ1) is 10.1. The summed E-state index contributed by atoms with van der Waals surface area (Å²) in [5, 5.41) is 8.53. The van der Waals surface area contributed by atoms with Crippen LogP contribution in [0.1, 0.15) is 22.8 Å². The monoisotopic (exact) mass is 289 g/mol. The molecule has 0 aliphatic carbocycles. The fourth-order valence-electron chi connectivity index (χ4n) is 0.910. The van der Waals surface area contributed by atoms with E-state index in [9.17, 15) is 9.18 Å². The van der Waals surface area contributed by atoms with E-state index in [2.05, 4.69) is 0 Å². The molecule has 0 spiro atoms. The number of rotatable bonds is 1. The predicted octanol–water partition coefficient (Wildman–Crippen LogP) is 2.50. The largest absolute Gasteiger partial charge is 0.294 e.